The number of rotatable bonds is 6. The first-order valence-electron chi connectivity index (χ1n) is 19.1. The molecule has 2 atom stereocenters. The molecule has 270 valence electrons. The molecule has 0 heterocycles. The van der Waals surface area contributed by atoms with Crippen LogP contribution in [0.15, 0.2) is 205 Å². The first kappa shape index (κ1) is 38.6. The van der Waals surface area contributed by atoms with E-state index in [2.05, 4.69) is 208 Å². The third-order valence-electron chi connectivity index (χ3n) is 11.9. The predicted molar refractivity (Wildman–Crippen MR) is 228 cm³/mol. The van der Waals surface area contributed by atoms with Crippen molar-refractivity contribution in [2.45, 2.75) is 21.1 Å². The van der Waals surface area contributed by atoms with Gasteiger partial charge in [-0.15, -0.1) is 0 Å². The number of fused-ring (bicyclic) bond motifs is 4. The third-order valence-corrected chi connectivity index (χ3v) is 45.6. The molecule has 56 heavy (non-hydrogen) atoms. The molecule has 0 spiro atoms. The summed E-state index contributed by atoms with van der Waals surface area (Å²) in [6.45, 7) is 5.03. The van der Waals surface area contributed by atoms with Gasteiger partial charge in [0.05, 0.1) is 0 Å². The van der Waals surface area contributed by atoms with Crippen molar-refractivity contribution in [2.24, 2.45) is 0 Å². The van der Waals surface area contributed by atoms with E-state index < -0.39 is 28.6 Å². The first-order chi connectivity index (χ1) is 26.7. The van der Waals surface area contributed by atoms with Crippen LogP contribution in [0, 0.1) is 0 Å². The van der Waals surface area contributed by atoms with Crippen molar-refractivity contribution in [1.82, 2.24) is 0 Å². The van der Waals surface area contributed by atoms with Gasteiger partial charge in [0.15, 0.2) is 0 Å². The maximum absolute atomic E-state index is 2.83. The Hall–Kier alpha value is -4.23. The van der Waals surface area contributed by atoms with Crippen LogP contribution < -0.4 is 33.6 Å². The van der Waals surface area contributed by atoms with Crippen molar-refractivity contribution in [3.05, 3.63) is 239 Å². The van der Waals surface area contributed by atoms with Crippen LogP contribution in [-0.2, 0) is 18.6 Å². The Morgan fingerprint density at radius 2 is 0.696 bits per heavy atom. The van der Waals surface area contributed by atoms with Gasteiger partial charge in [0.2, 0.25) is 0 Å². The maximum atomic E-state index is 2.51. The number of allylic oxidation sites excluding steroid dienone is 2. The van der Waals surface area contributed by atoms with E-state index in [1.165, 1.54) is 54.9 Å². The molecule has 4 heteroatoms. The van der Waals surface area contributed by atoms with E-state index in [0.29, 0.717) is 7.25 Å². The fourth-order valence-corrected chi connectivity index (χ4v) is 51.3. The second-order valence-electron chi connectivity index (χ2n) is 14.8. The molecule has 2 aliphatic rings. The summed E-state index contributed by atoms with van der Waals surface area (Å²) in [7, 11) is -2.20. The van der Waals surface area contributed by atoms with Crippen molar-refractivity contribution in [1.29, 1.82) is 0 Å². The Kier molecular flexibility index (Phi) is 11.3. The summed E-state index contributed by atoms with van der Waals surface area (Å²) in [6.07, 6.45) is 0. The fraction of sp³-hybridized carbons (Fsp3) is 0.0769. The normalized spacial score (nSPS) is 15.4. The maximum Gasteiger partial charge on any atom is -1.00 e. The quantitative estimate of drug-likeness (QED) is 0.183. The number of hydrogen-bond donors (Lipinski definition) is 0. The zero-order valence-corrected chi connectivity index (χ0v) is 37.5. The molecule has 10 rings (SSSR count). The topological polar surface area (TPSA) is 0 Å². The Morgan fingerprint density at radius 3 is 1.14 bits per heavy atom. The molecule has 0 N–H and O–H groups in total. The molecule has 2 aliphatic carbocycles. The minimum atomic E-state index is -2.83. The van der Waals surface area contributed by atoms with Gasteiger partial charge in [-0.3, -0.25) is 0 Å². The van der Waals surface area contributed by atoms with E-state index in [4.69, 9.17) is 0 Å². The second kappa shape index (κ2) is 16.3. The van der Waals surface area contributed by atoms with Gasteiger partial charge in [-0.2, -0.15) is 0 Å². The average molecular weight is 900 g/mol. The molecular formula is C52H40Cl2GeZr. The number of benzene rings is 8. The van der Waals surface area contributed by atoms with Crippen LogP contribution >= 0.6 is 0 Å². The molecule has 8 aromatic carbocycles. The van der Waals surface area contributed by atoms with Crippen LogP contribution in [0.4, 0.5) is 0 Å². The van der Waals surface area contributed by atoms with Crippen LogP contribution in [0.5, 0.6) is 0 Å². The van der Waals surface area contributed by atoms with Gasteiger partial charge >= 0.3 is 330 Å². The summed E-state index contributed by atoms with van der Waals surface area (Å²) >= 11 is -2.83. The van der Waals surface area contributed by atoms with E-state index in [0.717, 1.165) is 0 Å². The van der Waals surface area contributed by atoms with Crippen molar-refractivity contribution in [2.75, 3.05) is 0 Å². The Balaban J connectivity index is 0.00000220. The molecule has 0 aliphatic heterocycles. The van der Waals surface area contributed by atoms with Crippen molar-refractivity contribution >= 4 is 51.5 Å². The largest absolute Gasteiger partial charge is 1.00 e. The third kappa shape index (κ3) is 6.42. The molecule has 8 aromatic rings. The SMILES string of the molecule is CC1=C(c2cccc3ccccc23)c2ccccc2[CH]1[Zr+2]([CH]1C(C)=C(c2cccc3ccccc23)c2ccccc21)=[Ge]([c]1ccccc1)[c]1ccccc1.[Cl-].[Cl-]. The van der Waals surface area contributed by atoms with E-state index in [-0.39, 0.29) is 24.8 Å². The van der Waals surface area contributed by atoms with Gasteiger partial charge in [-0.25, -0.2) is 0 Å². The van der Waals surface area contributed by atoms with Gasteiger partial charge in [0.25, 0.3) is 0 Å². The van der Waals surface area contributed by atoms with Crippen molar-refractivity contribution < 1.29 is 43.4 Å². The zero-order valence-electron chi connectivity index (χ0n) is 31.4. The summed E-state index contributed by atoms with van der Waals surface area (Å²) in [4.78, 5) is 0. The zero-order chi connectivity index (χ0) is 36.2. The van der Waals surface area contributed by atoms with E-state index in [9.17, 15) is 0 Å². The number of halogens is 2. The molecule has 0 nitrogen and oxygen atoms in total. The van der Waals surface area contributed by atoms with Crippen molar-refractivity contribution in [3.63, 3.8) is 0 Å². The molecule has 0 amide bonds. The van der Waals surface area contributed by atoms with Crippen LogP contribution in [0.1, 0.15) is 54.5 Å². The molecule has 0 fully saturated rings. The minimum absolute atomic E-state index is 0. The van der Waals surface area contributed by atoms with Crippen LogP contribution in [0.25, 0.3) is 32.7 Å². The molecular weight excluding hydrogens is 859 g/mol. The smallest absolute Gasteiger partial charge is 1.00 e. The monoisotopic (exact) mass is 898 g/mol. The van der Waals surface area contributed by atoms with Crippen LogP contribution in [-0.4, -0.2) is 9.98 Å². The van der Waals surface area contributed by atoms with Gasteiger partial charge in [-0.05, 0) is 0 Å². The van der Waals surface area contributed by atoms with Crippen LogP contribution in [0.2, 0.25) is 0 Å². The van der Waals surface area contributed by atoms with Crippen molar-refractivity contribution in [3.8, 4) is 0 Å². The Bertz CT molecular complexity index is 2650. The molecule has 0 bridgehead atoms. The van der Waals surface area contributed by atoms with Crippen LogP contribution in [0.3, 0.4) is 0 Å². The molecule has 0 aromatic heterocycles. The predicted octanol–water partition coefficient (Wildman–Crippen LogP) is 5.88. The number of hydrogen-bond acceptors (Lipinski definition) is 0. The van der Waals surface area contributed by atoms with E-state index in [1.54, 1.807) is 31.1 Å². The summed E-state index contributed by atoms with van der Waals surface area (Å²) in [5.41, 5.74) is 14.9. The van der Waals surface area contributed by atoms with Gasteiger partial charge in [-0.1, -0.05) is 0 Å². The fourth-order valence-electron chi connectivity index (χ4n) is 9.70. The Morgan fingerprint density at radius 1 is 0.357 bits per heavy atom. The summed E-state index contributed by atoms with van der Waals surface area (Å²) in [6, 6.07) is 74.3. The average Bonchev–Trinajstić information content (AvgIpc) is 3.69. The van der Waals surface area contributed by atoms with E-state index in [1.807, 2.05) is 0 Å². The standard InChI is InChI=1S/2C20H15.C12H10Ge.2ClH.Zr/c2*1-14-13-16-8-3-5-11-18(16)20(14)19-12-6-9-15-7-2-4-10-17(15)19;1-3-7-11(8-4-1)13-12-9-5-2-6-10-12;;;/h2*2-13H,1H3;1-10H;2*1H;/q;;;;;+2/p-2. The van der Waals surface area contributed by atoms with E-state index >= 15 is 0 Å². The van der Waals surface area contributed by atoms with Gasteiger partial charge in [0.1, 0.15) is 0 Å². The molecule has 0 saturated carbocycles. The summed E-state index contributed by atoms with van der Waals surface area (Å²) in [5, 5.41) is 5.30. The van der Waals surface area contributed by atoms with Gasteiger partial charge in [0, 0.05) is 0 Å². The molecule has 0 saturated heterocycles. The first-order valence-corrected chi connectivity index (χ1v) is 31.5. The minimum Gasteiger partial charge on any atom is -1.00 e. The Labute approximate surface area is 351 Å². The summed E-state index contributed by atoms with van der Waals surface area (Å²) in [5.74, 6) is 0. The molecule has 2 unspecified atom stereocenters. The second-order valence-corrected chi connectivity index (χ2v) is 37.4. The summed E-state index contributed by atoms with van der Waals surface area (Å²) < 4.78 is 4.11. The van der Waals surface area contributed by atoms with Gasteiger partial charge < -0.3 is 24.8 Å². The molecule has 0 radical (unpaired) electrons.